The van der Waals surface area contributed by atoms with Crippen LogP contribution in [0.3, 0.4) is 0 Å². The van der Waals surface area contributed by atoms with Gasteiger partial charge in [0.1, 0.15) is 106 Å². The van der Waals surface area contributed by atoms with Crippen LogP contribution in [0.2, 0.25) is 0 Å². The van der Waals surface area contributed by atoms with E-state index in [9.17, 15) is 98.4 Å². The van der Waals surface area contributed by atoms with Gasteiger partial charge in [0.2, 0.25) is 23.1 Å². The topological polar surface area (TPSA) is 477 Å². The van der Waals surface area contributed by atoms with Crippen molar-refractivity contribution in [3.05, 3.63) is 179 Å². The second-order valence-electron chi connectivity index (χ2n) is 49.3. The quantitative estimate of drug-likeness (QED) is 0.0371. The average molecular weight is 2040 g/mol. The van der Waals surface area contributed by atoms with Gasteiger partial charge < -0.3 is 97.7 Å². The summed E-state index contributed by atoms with van der Waals surface area (Å²) in [5.74, 6) is -20.1. The van der Waals surface area contributed by atoms with Crippen LogP contribution in [0.5, 0.6) is 11.5 Å². The second kappa shape index (κ2) is 34.1. The summed E-state index contributed by atoms with van der Waals surface area (Å²) in [5.41, 5.74) is -8.91. The van der Waals surface area contributed by atoms with Crippen molar-refractivity contribution in [2.24, 2.45) is 136 Å². The molecule has 24 aliphatic rings. The summed E-state index contributed by atoms with van der Waals surface area (Å²) >= 11 is 0. The Balaban J connectivity index is 0.000000116. The number of aryl methyl sites for hydroxylation is 2. The molecule has 34 atom stereocenters. The first kappa shape index (κ1) is 104. The number of ketones is 6. The molecule has 32 nitrogen and oxygen atoms in total. The number of carbonyl (C=O) groups excluding carboxylic acids is 12. The molecule has 0 radical (unpaired) electrons. The molecular formula is C116H136O32. The first-order valence-corrected chi connectivity index (χ1v) is 52.4. The van der Waals surface area contributed by atoms with E-state index in [1.807, 2.05) is 69.2 Å². The Hall–Kier alpha value is -10.2. The molecule has 16 saturated carbocycles. The minimum absolute atomic E-state index is 0.0165. The molecule has 16 bridgehead atoms. The molecule has 8 saturated heterocycles. The summed E-state index contributed by atoms with van der Waals surface area (Å²) < 4.78 is 70.8. The molecule has 8 heterocycles. The number of aliphatic hydroxyl groups excluding tert-OH is 4. The highest BCUT2D eigenvalue weighted by atomic mass is 16.7. The summed E-state index contributed by atoms with van der Waals surface area (Å²) in [7, 11) is 3.05. The minimum Gasteiger partial charge on any atom is -0.497 e. The van der Waals surface area contributed by atoms with Gasteiger partial charge in [-0.25, -0.2) is 19.2 Å². The van der Waals surface area contributed by atoms with Crippen molar-refractivity contribution in [3.8, 4) is 11.5 Å². The van der Waals surface area contributed by atoms with Gasteiger partial charge in [0.25, 0.3) is 0 Å². The number of aliphatic hydroxyl groups is 8. The lowest BCUT2D eigenvalue weighted by Crippen LogP contribution is -2.86. The lowest BCUT2D eigenvalue weighted by atomic mass is 9.35. The number of methoxy groups -OCH3 is 2. The van der Waals surface area contributed by atoms with Crippen molar-refractivity contribution >= 4 is 70.5 Å². The molecule has 4 aromatic carbocycles. The van der Waals surface area contributed by atoms with Crippen LogP contribution in [0.15, 0.2) is 146 Å². The van der Waals surface area contributed by atoms with Gasteiger partial charge in [-0.2, -0.15) is 0 Å². The Bertz CT molecular complexity index is 6350. The Morgan fingerprint density at radius 1 is 0.324 bits per heavy atom. The molecule has 8 aliphatic heterocycles. The van der Waals surface area contributed by atoms with Gasteiger partial charge in [-0.15, -0.1) is 0 Å². The van der Waals surface area contributed by atoms with Gasteiger partial charge in [0.15, 0.2) is 23.1 Å². The van der Waals surface area contributed by atoms with Gasteiger partial charge in [-0.3, -0.25) is 38.4 Å². The van der Waals surface area contributed by atoms with Crippen molar-refractivity contribution in [1.29, 1.82) is 0 Å². The summed E-state index contributed by atoms with van der Waals surface area (Å²) in [6.07, 6.45) is -3.35. The summed E-state index contributed by atoms with van der Waals surface area (Å²) in [6.45, 7) is 38.8. The molecule has 16 aliphatic carbocycles. The predicted octanol–water partition coefficient (Wildman–Crippen LogP) is 11.2. The number of carbonyl (C=O) groups is 12. The number of benzene rings is 4. The van der Waals surface area contributed by atoms with Gasteiger partial charge >= 0.3 is 35.8 Å². The molecule has 0 aromatic heterocycles. The second-order valence-corrected chi connectivity index (χ2v) is 49.3. The first-order valence-electron chi connectivity index (χ1n) is 52.4. The van der Waals surface area contributed by atoms with Gasteiger partial charge in [0.05, 0.1) is 73.7 Å². The maximum absolute atomic E-state index is 14.3. The molecule has 24 fully saturated rings. The molecule has 28 rings (SSSR count). The third-order valence-electron chi connectivity index (χ3n) is 41.7. The zero-order valence-electron chi connectivity index (χ0n) is 86.3. The molecular weight excluding hydrogens is 1910 g/mol. The van der Waals surface area contributed by atoms with Crippen LogP contribution in [0.4, 0.5) is 0 Å². The number of hydrogen-bond acceptors (Lipinski definition) is 32. The number of ether oxygens (including phenoxy) is 12. The van der Waals surface area contributed by atoms with E-state index in [0.29, 0.717) is 125 Å². The van der Waals surface area contributed by atoms with Crippen molar-refractivity contribution in [2.45, 2.75) is 270 Å². The minimum atomic E-state index is -2.31. The Kier molecular flexibility index (Phi) is 23.9. The maximum atomic E-state index is 14.3. The number of esters is 6. The summed E-state index contributed by atoms with van der Waals surface area (Å²) in [4.78, 5) is 162. The van der Waals surface area contributed by atoms with Crippen LogP contribution in [0.25, 0.3) is 0 Å². The number of Topliss-reactive ketones (excluding diaryl/α,β-unsaturated/α-hetero) is 6. The highest BCUT2D eigenvalue weighted by molar-refractivity contribution is 6.10. The van der Waals surface area contributed by atoms with Gasteiger partial charge in [0, 0.05) is 84.9 Å². The van der Waals surface area contributed by atoms with Crippen LogP contribution < -0.4 is 9.47 Å². The maximum Gasteiger partial charge on any atom is 0.338 e. The molecule has 32 heteroatoms. The van der Waals surface area contributed by atoms with E-state index in [4.69, 9.17) is 56.8 Å². The highest BCUT2D eigenvalue weighted by Crippen LogP contribution is 2.83. The normalized spacial score (nSPS) is 44.2. The lowest BCUT2D eigenvalue weighted by molar-refractivity contribution is -0.457. The first-order chi connectivity index (χ1) is 69.6. The number of hydrogen-bond donors (Lipinski definition) is 8. The van der Waals surface area contributed by atoms with Crippen LogP contribution in [0.1, 0.15) is 225 Å². The molecule has 8 spiro atoms. The largest absolute Gasteiger partial charge is 0.497 e. The molecule has 0 amide bonds. The molecule has 4 aromatic rings. The fourth-order valence-corrected chi connectivity index (χ4v) is 35.9. The van der Waals surface area contributed by atoms with Gasteiger partial charge in [-0.1, -0.05) is 117 Å². The smallest absolute Gasteiger partial charge is 0.338 e. The van der Waals surface area contributed by atoms with E-state index in [1.54, 1.807) is 97.1 Å². The van der Waals surface area contributed by atoms with Gasteiger partial charge in [-0.05, 0) is 244 Å². The standard InChI is InChI=1S/C30H36O9.C30H36O8.C28H32O8.C28H32O7/c1-15-19-10-11-20-28-14-37-30(35,24(33)22(28)27(3,4)13-12-21(28)38-16(2)31)29(20,23(15)32)25(19)39-26(34)17-6-8-18(36-5)9-7-17;1-15-6-8-18(9-7-15)26(34)38-25-19-10-11-20-28-14-36-30(35,29(20,25)23(32)16(19)2)24(33)22(28)27(4,5)13-12-21(28)37-17(3)31;1-14-17-9-10-18-26-13-35-28(33,22(31)20(26)25(2,3)12-11-19(26)29)27(18,21(14)30)23(17)36-24(32)15-5-7-16(34-4)8-6-15;1-14-5-7-16(8-6-14)24(32)35-23-17-9-10-18-26-13-34-28(33,27(18,23)21(30)15(17)2)22(31)20(26)25(3,4)12-11-19(26)29/h6-9,19-22,24-25,33,35H,1,10-14H2,2-5H3;6-9,19-22,24-25,33,35H,2,10-14H2,1,3-5H3;5-8,17-18,20,22-23,31,33H,1,9-13H2,2-4H3;5-8,17-18,20,22-23,31,33H,2,9-13H2,1,3-4H3/t2*19-,20-,21?,22+,24-,25+,28+,29-,30-;2*17-,18-,20+,22-,23+,26+,27-,28-/m0000/s1. The lowest BCUT2D eigenvalue weighted by Gasteiger charge is -2.74. The number of fused-ring (bicyclic) bond motifs is 8. The zero-order chi connectivity index (χ0) is 106. The predicted molar refractivity (Wildman–Crippen MR) is 521 cm³/mol. The van der Waals surface area contributed by atoms with E-state index in [1.165, 1.54) is 28.1 Å². The molecule has 792 valence electrons. The Labute approximate surface area is 858 Å². The van der Waals surface area contributed by atoms with E-state index < -0.39 is 279 Å². The van der Waals surface area contributed by atoms with Crippen molar-refractivity contribution in [3.63, 3.8) is 0 Å². The van der Waals surface area contributed by atoms with Crippen LogP contribution in [-0.2, 0) is 85.7 Å². The molecule has 8 N–H and O–H groups in total. The number of rotatable bonds is 12. The van der Waals surface area contributed by atoms with E-state index >= 15 is 0 Å². The average Bonchev–Trinajstić information content (AvgIpc) is 1.40. The van der Waals surface area contributed by atoms with E-state index in [2.05, 4.69) is 26.3 Å². The fourth-order valence-electron chi connectivity index (χ4n) is 35.9. The fraction of sp³-hybridized carbons (Fsp3) is 0.621. The zero-order valence-corrected chi connectivity index (χ0v) is 86.3. The van der Waals surface area contributed by atoms with E-state index in [0.717, 1.165) is 11.1 Å². The summed E-state index contributed by atoms with van der Waals surface area (Å²) in [5, 5.41) is 96.4. The van der Waals surface area contributed by atoms with E-state index in [-0.39, 0.29) is 71.4 Å². The van der Waals surface area contributed by atoms with Crippen molar-refractivity contribution < 1.29 is 155 Å². The van der Waals surface area contributed by atoms with Crippen molar-refractivity contribution in [1.82, 2.24) is 0 Å². The monoisotopic (exact) mass is 2040 g/mol. The third-order valence-corrected chi connectivity index (χ3v) is 41.7. The van der Waals surface area contributed by atoms with Crippen LogP contribution >= 0.6 is 0 Å². The molecule has 2 unspecified atom stereocenters. The Morgan fingerprint density at radius 2 is 0.568 bits per heavy atom. The third kappa shape index (κ3) is 12.9. The SMILES string of the molecule is C=C1C(=O)[C@]23[C@H](OC(=O)c4ccc(C)cc4)[C@H]1CC[C@H]2[C@@]12CO[C@@]3(O)[C@@H](O)[C@@H]1C(C)(C)CCC2=O.C=C1C(=O)[C@]23[C@H](OC(=O)c4ccc(C)cc4)[C@H]1CC[C@H]2[C@@]12CO[C@@]3(O)[C@@H](O)[C@@H]1C(C)(C)CCC2OC(C)=O.C=C1C(=O)[C@]23[C@H](OC(=O)c4ccc(OC)cc4)[C@H]1CC[C@H]2[C@@]12CO[C@@]3(O)[C@@H](O)[C@@H]1C(C)(C)CCC2=O.C=C1C(=O)[C@]23[C@H](OC(=O)c4ccc(OC)cc4)[C@H]1CC[C@H]2[C@@]12CO[C@@]3(O)[C@@H](O)[C@@H]1C(C)(C)CCC2OC(C)=O. The van der Waals surface area contributed by atoms with Crippen LogP contribution in [-0.4, -0.2) is 236 Å². The molecule has 148 heavy (non-hydrogen) atoms. The van der Waals surface area contributed by atoms with Crippen molar-refractivity contribution in [2.75, 3.05) is 40.6 Å². The highest BCUT2D eigenvalue weighted by Gasteiger charge is 2.94. The van der Waals surface area contributed by atoms with Crippen LogP contribution in [0, 0.1) is 150 Å². The Morgan fingerprint density at radius 3 is 0.838 bits per heavy atom. The summed E-state index contributed by atoms with van der Waals surface area (Å²) in [6, 6.07) is 26.6.